The molecule has 20 heavy (non-hydrogen) atoms. The van der Waals surface area contributed by atoms with Gasteiger partial charge in [-0.3, -0.25) is 0 Å². The van der Waals surface area contributed by atoms with Crippen LogP contribution < -0.4 is 5.73 Å². The van der Waals surface area contributed by atoms with Crippen LogP contribution in [-0.4, -0.2) is 5.97 Å². The van der Waals surface area contributed by atoms with Gasteiger partial charge < -0.3 is 10.5 Å². The summed E-state index contributed by atoms with van der Waals surface area (Å²) in [5.41, 5.74) is 8.78. The molecule has 3 nitrogen and oxygen atoms in total. The number of benzene rings is 2. The molecule has 0 saturated carbocycles. The van der Waals surface area contributed by atoms with Crippen molar-refractivity contribution >= 4 is 11.7 Å². The molecular formula is C16H16FNO2. The van der Waals surface area contributed by atoms with Gasteiger partial charge in [-0.15, -0.1) is 0 Å². The Balaban J connectivity index is 2.13. The predicted molar refractivity (Wildman–Crippen MR) is 75.8 cm³/mol. The van der Waals surface area contributed by atoms with Crippen LogP contribution in [0.3, 0.4) is 0 Å². The van der Waals surface area contributed by atoms with Gasteiger partial charge in [0, 0.05) is 11.3 Å². The van der Waals surface area contributed by atoms with Crippen molar-refractivity contribution in [2.75, 3.05) is 5.73 Å². The van der Waals surface area contributed by atoms with E-state index in [2.05, 4.69) is 0 Å². The largest absolute Gasteiger partial charge is 0.457 e. The van der Waals surface area contributed by atoms with Crippen molar-refractivity contribution in [2.45, 2.75) is 20.5 Å². The third-order valence-corrected chi connectivity index (χ3v) is 3.15. The summed E-state index contributed by atoms with van der Waals surface area (Å²) in [5, 5.41) is 0. The lowest BCUT2D eigenvalue weighted by atomic mass is 10.0. The maximum Gasteiger partial charge on any atom is 0.338 e. The molecule has 2 aromatic carbocycles. The summed E-state index contributed by atoms with van der Waals surface area (Å²) in [6, 6.07) is 9.62. The van der Waals surface area contributed by atoms with Crippen LogP contribution >= 0.6 is 0 Å². The van der Waals surface area contributed by atoms with Gasteiger partial charge in [-0.1, -0.05) is 24.3 Å². The van der Waals surface area contributed by atoms with Crippen LogP contribution in [0, 0.1) is 19.7 Å². The number of esters is 1. The van der Waals surface area contributed by atoms with E-state index in [0.29, 0.717) is 16.8 Å². The van der Waals surface area contributed by atoms with E-state index in [4.69, 9.17) is 10.5 Å². The molecule has 0 atom stereocenters. The first-order valence-electron chi connectivity index (χ1n) is 6.26. The molecule has 2 N–H and O–H groups in total. The number of aryl methyl sites for hydroxylation is 2. The monoisotopic (exact) mass is 273 g/mol. The Morgan fingerprint density at radius 1 is 1.20 bits per heavy atom. The second kappa shape index (κ2) is 5.74. The molecule has 0 unspecified atom stereocenters. The van der Waals surface area contributed by atoms with Gasteiger partial charge in [0.15, 0.2) is 0 Å². The first-order chi connectivity index (χ1) is 9.49. The first kappa shape index (κ1) is 14.1. The van der Waals surface area contributed by atoms with Crippen molar-refractivity contribution in [1.29, 1.82) is 0 Å². The normalized spacial score (nSPS) is 10.3. The number of nitrogen functional groups attached to an aromatic ring is 1. The molecule has 0 amide bonds. The van der Waals surface area contributed by atoms with E-state index in [0.717, 1.165) is 11.1 Å². The van der Waals surface area contributed by atoms with Crippen LogP contribution in [-0.2, 0) is 11.3 Å². The molecule has 0 heterocycles. The molecular weight excluding hydrogens is 257 g/mol. The Morgan fingerprint density at radius 2 is 1.90 bits per heavy atom. The molecule has 0 spiro atoms. The fourth-order valence-corrected chi connectivity index (χ4v) is 1.93. The number of rotatable bonds is 3. The van der Waals surface area contributed by atoms with Crippen molar-refractivity contribution in [2.24, 2.45) is 0 Å². The van der Waals surface area contributed by atoms with Gasteiger partial charge in [0.25, 0.3) is 0 Å². The molecule has 2 rings (SSSR count). The number of hydrogen-bond acceptors (Lipinski definition) is 3. The summed E-state index contributed by atoms with van der Waals surface area (Å²) < 4.78 is 18.6. The Hall–Kier alpha value is -2.36. The Kier molecular flexibility index (Phi) is 4.03. The molecule has 2 aromatic rings. The average Bonchev–Trinajstić information content (AvgIpc) is 2.41. The van der Waals surface area contributed by atoms with E-state index >= 15 is 0 Å². The van der Waals surface area contributed by atoms with E-state index < -0.39 is 5.97 Å². The second-order valence-corrected chi connectivity index (χ2v) is 4.69. The van der Waals surface area contributed by atoms with Gasteiger partial charge in [-0.05, 0) is 37.1 Å². The summed E-state index contributed by atoms with van der Waals surface area (Å²) in [5.74, 6) is -0.891. The third kappa shape index (κ3) is 2.96. The number of anilines is 1. The quantitative estimate of drug-likeness (QED) is 0.689. The molecule has 0 aliphatic heterocycles. The third-order valence-electron chi connectivity index (χ3n) is 3.15. The van der Waals surface area contributed by atoms with Gasteiger partial charge in [0.1, 0.15) is 12.4 Å². The van der Waals surface area contributed by atoms with Gasteiger partial charge in [0.2, 0.25) is 0 Å². The van der Waals surface area contributed by atoms with E-state index in [1.807, 2.05) is 19.9 Å². The minimum absolute atomic E-state index is 0.0985. The number of ether oxygens (including phenoxy) is 1. The van der Waals surface area contributed by atoms with Crippen LogP contribution in [0.5, 0.6) is 0 Å². The second-order valence-electron chi connectivity index (χ2n) is 4.69. The highest BCUT2D eigenvalue weighted by atomic mass is 19.1. The first-order valence-corrected chi connectivity index (χ1v) is 6.26. The predicted octanol–water partition coefficient (Wildman–Crippen LogP) is 3.38. The zero-order valence-corrected chi connectivity index (χ0v) is 11.4. The topological polar surface area (TPSA) is 52.3 Å². The SMILES string of the molecule is Cc1cc(C)c(C(=O)OCc2ccccc2F)cc1N. The molecule has 4 heteroatoms. The Morgan fingerprint density at radius 3 is 2.60 bits per heavy atom. The van der Waals surface area contributed by atoms with E-state index in [-0.39, 0.29) is 12.4 Å². The number of nitrogens with two attached hydrogens (primary N) is 1. The van der Waals surface area contributed by atoms with Gasteiger partial charge in [0.05, 0.1) is 5.56 Å². The minimum atomic E-state index is -0.502. The maximum atomic E-state index is 13.4. The number of carbonyl (C=O) groups excluding carboxylic acids is 1. The summed E-state index contributed by atoms with van der Waals surface area (Å²) in [7, 11) is 0. The maximum absolute atomic E-state index is 13.4. The highest BCUT2D eigenvalue weighted by Gasteiger charge is 2.13. The molecule has 0 saturated heterocycles. The van der Waals surface area contributed by atoms with E-state index in [1.54, 1.807) is 24.3 Å². The van der Waals surface area contributed by atoms with Crippen LogP contribution in [0.15, 0.2) is 36.4 Å². The minimum Gasteiger partial charge on any atom is -0.457 e. The molecule has 0 aromatic heterocycles. The van der Waals surface area contributed by atoms with Gasteiger partial charge in [-0.25, -0.2) is 9.18 Å². The Bertz CT molecular complexity index is 653. The van der Waals surface area contributed by atoms with Crippen molar-refractivity contribution in [3.63, 3.8) is 0 Å². The fraction of sp³-hybridized carbons (Fsp3) is 0.188. The van der Waals surface area contributed by atoms with Crippen molar-refractivity contribution < 1.29 is 13.9 Å². The number of carbonyl (C=O) groups is 1. The lowest BCUT2D eigenvalue weighted by molar-refractivity contribution is 0.0468. The smallest absolute Gasteiger partial charge is 0.338 e. The lowest BCUT2D eigenvalue weighted by Gasteiger charge is -2.10. The molecule has 0 radical (unpaired) electrons. The molecule has 0 aliphatic carbocycles. The summed E-state index contributed by atoms with van der Waals surface area (Å²) in [6.45, 7) is 3.58. The van der Waals surface area contributed by atoms with E-state index in [1.165, 1.54) is 6.07 Å². The van der Waals surface area contributed by atoms with Crippen molar-refractivity contribution in [1.82, 2.24) is 0 Å². The number of hydrogen-bond donors (Lipinski definition) is 1. The van der Waals surface area contributed by atoms with Crippen molar-refractivity contribution in [3.8, 4) is 0 Å². The fourth-order valence-electron chi connectivity index (χ4n) is 1.93. The average molecular weight is 273 g/mol. The van der Waals surface area contributed by atoms with Crippen LogP contribution in [0.4, 0.5) is 10.1 Å². The highest BCUT2D eigenvalue weighted by Crippen LogP contribution is 2.19. The standard InChI is InChI=1S/C16H16FNO2/c1-10-7-11(2)15(18)8-13(10)16(19)20-9-12-5-3-4-6-14(12)17/h3-8H,9,18H2,1-2H3. The Labute approximate surface area is 117 Å². The molecule has 104 valence electrons. The summed E-state index contributed by atoms with van der Waals surface area (Å²) in [4.78, 5) is 12.0. The zero-order chi connectivity index (χ0) is 14.7. The molecule has 0 bridgehead atoms. The van der Waals surface area contributed by atoms with Gasteiger partial charge in [-0.2, -0.15) is 0 Å². The van der Waals surface area contributed by atoms with Crippen LogP contribution in [0.25, 0.3) is 0 Å². The highest BCUT2D eigenvalue weighted by molar-refractivity contribution is 5.92. The lowest BCUT2D eigenvalue weighted by Crippen LogP contribution is -2.09. The van der Waals surface area contributed by atoms with E-state index in [9.17, 15) is 9.18 Å². The summed E-state index contributed by atoms with van der Waals surface area (Å²) >= 11 is 0. The zero-order valence-electron chi connectivity index (χ0n) is 11.4. The number of halogens is 1. The van der Waals surface area contributed by atoms with Crippen molar-refractivity contribution in [3.05, 3.63) is 64.5 Å². The van der Waals surface area contributed by atoms with Crippen LogP contribution in [0.1, 0.15) is 27.0 Å². The van der Waals surface area contributed by atoms with Gasteiger partial charge >= 0.3 is 5.97 Å². The summed E-state index contributed by atoms with van der Waals surface area (Å²) in [6.07, 6.45) is 0. The molecule has 0 fully saturated rings. The van der Waals surface area contributed by atoms with Crippen LogP contribution in [0.2, 0.25) is 0 Å². The molecule has 0 aliphatic rings.